The molecular formula is C7H15O4PS. The SMILES string of the molecule is CCOC(=O)CSP(C)(=O)OCC. The minimum atomic E-state index is -2.65. The van der Waals surface area contributed by atoms with E-state index < -0.39 is 6.57 Å². The highest BCUT2D eigenvalue weighted by Gasteiger charge is 2.18. The van der Waals surface area contributed by atoms with E-state index in [1.807, 2.05) is 0 Å². The van der Waals surface area contributed by atoms with Gasteiger partial charge in [-0.25, -0.2) is 0 Å². The first-order chi connectivity index (χ1) is 6.02. The monoisotopic (exact) mass is 226 g/mol. The van der Waals surface area contributed by atoms with Gasteiger partial charge in [-0.1, -0.05) is 11.4 Å². The minimum absolute atomic E-state index is 0.0849. The molecule has 0 N–H and O–H groups in total. The third-order valence-corrected chi connectivity index (χ3v) is 4.76. The standard InChI is InChI=1S/C7H15O4PS/c1-4-10-7(8)6-13-12(3,9)11-5-2/h4-6H2,1-3H3. The summed E-state index contributed by atoms with van der Waals surface area (Å²) in [6.07, 6.45) is 0. The van der Waals surface area contributed by atoms with Crippen LogP contribution in [0.2, 0.25) is 0 Å². The van der Waals surface area contributed by atoms with Gasteiger partial charge in [0.25, 0.3) is 6.57 Å². The summed E-state index contributed by atoms with van der Waals surface area (Å²) >= 11 is 1.01. The maximum Gasteiger partial charge on any atom is 0.316 e. The first kappa shape index (κ1) is 13.0. The molecule has 13 heavy (non-hydrogen) atoms. The van der Waals surface area contributed by atoms with Gasteiger partial charge in [0.15, 0.2) is 0 Å². The van der Waals surface area contributed by atoms with Gasteiger partial charge in [0.2, 0.25) is 0 Å². The Morgan fingerprint density at radius 3 is 2.46 bits per heavy atom. The Morgan fingerprint density at radius 2 is 2.00 bits per heavy atom. The topological polar surface area (TPSA) is 52.6 Å². The Labute approximate surface area is 82.6 Å². The van der Waals surface area contributed by atoms with Crippen molar-refractivity contribution in [3.63, 3.8) is 0 Å². The van der Waals surface area contributed by atoms with E-state index in [2.05, 4.69) is 4.74 Å². The lowest BCUT2D eigenvalue weighted by Crippen LogP contribution is -2.06. The van der Waals surface area contributed by atoms with Gasteiger partial charge in [-0.05, 0) is 13.8 Å². The van der Waals surface area contributed by atoms with E-state index in [0.717, 1.165) is 11.4 Å². The molecule has 0 aromatic rings. The summed E-state index contributed by atoms with van der Waals surface area (Å²) in [5.74, 6) is -0.268. The average Bonchev–Trinajstić information content (AvgIpc) is 2.02. The lowest BCUT2D eigenvalue weighted by Gasteiger charge is -2.10. The molecule has 0 bridgehead atoms. The summed E-state index contributed by atoms with van der Waals surface area (Å²) in [6, 6.07) is 0. The summed E-state index contributed by atoms with van der Waals surface area (Å²) in [5, 5.41) is 0. The molecule has 1 unspecified atom stereocenters. The van der Waals surface area contributed by atoms with Gasteiger partial charge in [-0.3, -0.25) is 9.36 Å². The van der Waals surface area contributed by atoms with E-state index >= 15 is 0 Å². The summed E-state index contributed by atoms with van der Waals surface area (Å²) in [6.45, 7) is 3.09. The number of esters is 1. The van der Waals surface area contributed by atoms with Crippen LogP contribution in [0.4, 0.5) is 0 Å². The second kappa shape index (κ2) is 6.46. The quantitative estimate of drug-likeness (QED) is 0.513. The number of hydrogen-bond acceptors (Lipinski definition) is 5. The van der Waals surface area contributed by atoms with E-state index in [1.54, 1.807) is 13.8 Å². The van der Waals surface area contributed by atoms with Crippen molar-refractivity contribution in [2.45, 2.75) is 13.8 Å². The number of carbonyl (C=O) groups excluding carboxylic acids is 1. The van der Waals surface area contributed by atoms with Gasteiger partial charge in [0.1, 0.15) is 5.75 Å². The molecule has 0 aromatic carbocycles. The van der Waals surface area contributed by atoms with Crippen LogP contribution in [0.25, 0.3) is 0 Å². The van der Waals surface area contributed by atoms with Crippen molar-refractivity contribution in [3.8, 4) is 0 Å². The highest BCUT2D eigenvalue weighted by molar-refractivity contribution is 8.56. The number of hydrogen-bond donors (Lipinski definition) is 0. The summed E-state index contributed by atoms with van der Waals surface area (Å²) < 4.78 is 21.1. The molecule has 0 aliphatic rings. The van der Waals surface area contributed by atoms with Crippen molar-refractivity contribution in [2.75, 3.05) is 25.6 Å². The van der Waals surface area contributed by atoms with Gasteiger partial charge < -0.3 is 9.26 Å². The van der Waals surface area contributed by atoms with Crippen molar-refractivity contribution < 1.29 is 18.6 Å². The third kappa shape index (κ3) is 7.11. The maximum absolute atomic E-state index is 11.5. The summed E-state index contributed by atoms with van der Waals surface area (Å²) in [4.78, 5) is 10.9. The first-order valence-corrected chi connectivity index (χ1v) is 7.70. The molecular weight excluding hydrogens is 211 g/mol. The highest BCUT2D eigenvalue weighted by atomic mass is 32.7. The van der Waals surface area contributed by atoms with Crippen LogP contribution >= 0.6 is 18.0 Å². The Hall–Kier alpha value is 0.01000. The van der Waals surface area contributed by atoms with Crippen LogP contribution in [-0.2, 0) is 18.6 Å². The van der Waals surface area contributed by atoms with Crippen LogP contribution in [0, 0.1) is 0 Å². The molecule has 0 fully saturated rings. The predicted octanol–water partition coefficient (Wildman–Crippen LogP) is 2.14. The van der Waals surface area contributed by atoms with E-state index in [0.29, 0.717) is 13.2 Å². The van der Waals surface area contributed by atoms with Gasteiger partial charge in [0, 0.05) is 6.66 Å². The van der Waals surface area contributed by atoms with E-state index in [-0.39, 0.29) is 11.7 Å². The molecule has 6 heteroatoms. The van der Waals surface area contributed by atoms with E-state index in [4.69, 9.17) is 4.52 Å². The van der Waals surface area contributed by atoms with Crippen molar-refractivity contribution in [1.29, 1.82) is 0 Å². The molecule has 0 aromatic heterocycles. The Balaban J connectivity index is 3.74. The minimum Gasteiger partial charge on any atom is -0.465 e. The zero-order chi connectivity index (χ0) is 10.3. The van der Waals surface area contributed by atoms with Crippen molar-refractivity contribution in [3.05, 3.63) is 0 Å². The molecule has 0 saturated heterocycles. The summed E-state index contributed by atoms with van der Waals surface area (Å²) in [5.41, 5.74) is 0. The van der Waals surface area contributed by atoms with Gasteiger partial charge in [-0.2, -0.15) is 0 Å². The van der Waals surface area contributed by atoms with E-state index in [1.165, 1.54) is 6.66 Å². The van der Waals surface area contributed by atoms with Crippen molar-refractivity contribution in [2.24, 2.45) is 0 Å². The van der Waals surface area contributed by atoms with Crippen LogP contribution in [0.1, 0.15) is 13.8 Å². The predicted molar refractivity (Wildman–Crippen MR) is 54.2 cm³/mol. The Kier molecular flexibility index (Phi) is 6.47. The number of ether oxygens (including phenoxy) is 1. The van der Waals surface area contributed by atoms with Crippen molar-refractivity contribution >= 4 is 23.9 Å². The fourth-order valence-corrected chi connectivity index (χ4v) is 3.17. The van der Waals surface area contributed by atoms with Crippen LogP contribution in [0.5, 0.6) is 0 Å². The molecule has 1 atom stereocenters. The molecule has 0 spiro atoms. The second-order valence-electron chi connectivity index (χ2n) is 2.27. The zero-order valence-corrected chi connectivity index (χ0v) is 9.82. The van der Waals surface area contributed by atoms with Gasteiger partial charge in [0.05, 0.1) is 13.2 Å². The lowest BCUT2D eigenvalue weighted by atomic mass is 10.8. The molecule has 0 saturated carbocycles. The Bertz CT molecular complexity index is 207. The number of carbonyl (C=O) groups is 1. The molecule has 0 amide bonds. The fraction of sp³-hybridized carbons (Fsp3) is 0.857. The van der Waals surface area contributed by atoms with E-state index in [9.17, 15) is 9.36 Å². The molecule has 78 valence electrons. The van der Waals surface area contributed by atoms with Crippen LogP contribution in [-0.4, -0.2) is 31.6 Å². The molecule has 0 aliphatic heterocycles. The molecule has 4 nitrogen and oxygen atoms in total. The van der Waals surface area contributed by atoms with Crippen LogP contribution < -0.4 is 0 Å². The van der Waals surface area contributed by atoms with Crippen LogP contribution in [0.3, 0.4) is 0 Å². The lowest BCUT2D eigenvalue weighted by molar-refractivity contribution is -0.139. The average molecular weight is 226 g/mol. The molecule has 0 aliphatic carbocycles. The van der Waals surface area contributed by atoms with Crippen molar-refractivity contribution in [1.82, 2.24) is 0 Å². The second-order valence-corrected chi connectivity index (χ2v) is 7.38. The highest BCUT2D eigenvalue weighted by Crippen LogP contribution is 2.55. The molecule has 0 heterocycles. The van der Waals surface area contributed by atoms with Crippen LogP contribution in [0.15, 0.2) is 0 Å². The summed E-state index contributed by atoms with van der Waals surface area (Å²) in [7, 11) is 0. The largest absolute Gasteiger partial charge is 0.465 e. The third-order valence-electron chi connectivity index (χ3n) is 1.09. The fourth-order valence-electron chi connectivity index (χ4n) is 0.644. The zero-order valence-electron chi connectivity index (χ0n) is 8.11. The maximum atomic E-state index is 11.5. The Morgan fingerprint density at radius 1 is 1.38 bits per heavy atom. The molecule has 0 rings (SSSR count). The smallest absolute Gasteiger partial charge is 0.316 e. The number of rotatable bonds is 6. The normalized spacial score (nSPS) is 15.0. The first-order valence-electron chi connectivity index (χ1n) is 4.04. The molecule has 0 radical (unpaired) electrons. The van der Waals surface area contributed by atoms with Gasteiger partial charge >= 0.3 is 5.97 Å². The van der Waals surface area contributed by atoms with Gasteiger partial charge in [-0.15, -0.1) is 0 Å².